The van der Waals surface area contributed by atoms with Gasteiger partial charge in [0.25, 0.3) is 0 Å². The molecule has 0 saturated carbocycles. The molecule has 0 radical (unpaired) electrons. The molecule has 0 spiro atoms. The highest BCUT2D eigenvalue weighted by molar-refractivity contribution is 4.99. The van der Waals surface area contributed by atoms with E-state index in [0.717, 1.165) is 13.8 Å². The van der Waals surface area contributed by atoms with Gasteiger partial charge in [0.15, 0.2) is 0 Å². The van der Waals surface area contributed by atoms with Gasteiger partial charge >= 0.3 is 0 Å². The minimum absolute atomic E-state index is 0.854. The number of alkyl halides is 4. The number of hydrogen-bond donors (Lipinski definition) is 0. The van der Waals surface area contributed by atoms with Crippen LogP contribution in [0.25, 0.3) is 0 Å². The minimum atomic E-state index is -2.50. The van der Waals surface area contributed by atoms with E-state index in [1.54, 1.807) is 14.2 Å². The first-order chi connectivity index (χ1) is 11.8. The number of hydrogen-bond acceptors (Lipinski definition) is 1. The van der Waals surface area contributed by atoms with Crippen LogP contribution in [0.4, 0.5) is 17.6 Å². The minimum Gasteiger partial charge on any atom is -0.388 e. The third-order valence-electron chi connectivity index (χ3n) is 1.33. The molecule has 146 valence electrons. The summed E-state index contributed by atoms with van der Waals surface area (Å²) in [5.41, 5.74) is 0. The van der Waals surface area contributed by atoms with Crippen molar-refractivity contribution in [2.24, 2.45) is 0 Å². The lowest BCUT2D eigenvalue weighted by Gasteiger charge is -1.94. The van der Waals surface area contributed by atoms with Crippen molar-refractivity contribution in [2.75, 3.05) is 21.1 Å². The lowest BCUT2D eigenvalue weighted by atomic mass is 10.4. The molecule has 0 aromatic heterocycles. The zero-order valence-corrected chi connectivity index (χ0v) is 16.1. The molecule has 0 bridgehead atoms. The Balaban J connectivity index is -0.000000111. The number of benzene rings is 2. The summed E-state index contributed by atoms with van der Waals surface area (Å²) in [7, 11) is 3.25. The fourth-order valence-electron chi connectivity index (χ4n) is 0.770. The van der Waals surface area contributed by atoms with Crippen LogP contribution < -0.4 is 0 Å². The van der Waals surface area contributed by atoms with Gasteiger partial charge in [0.1, 0.15) is 0 Å². The predicted octanol–water partition coefficient (Wildman–Crippen LogP) is 7.21. The number of rotatable bonds is 0. The fraction of sp³-hybridized carbons (Fsp3) is 0.400. The second-order valence-electron chi connectivity index (χ2n) is 4.15. The van der Waals surface area contributed by atoms with E-state index in [9.17, 15) is 17.6 Å². The molecule has 0 aliphatic rings. The maximum absolute atomic E-state index is 11.0. The Morgan fingerprint density at radius 3 is 0.680 bits per heavy atom. The van der Waals surface area contributed by atoms with Gasteiger partial charge in [0.05, 0.1) is 0 Å². The molecule has 0 aliphatic carbocycles. The van der Waals surface area contributed by atoms with Crippen molar-refractivity contribution in [1.82, 2.24) is 0 Å². The molecular formula is C20H32F4O. The van der Waals surface area contributed by atoms with Gasteiger partial charge in [-0.2, -0.15) is 0 Å². The second kappa shape index (κ2) is 30.1. The van der Waals surface area contributed by atoms with Crippen LogP contribution in [0.3, 0.4) is 0 Å². The molecule has 0 aliphatic heterocycles. The summed E-state index contributed by atoms with van der Waals surface area (Å²) in [5.74, 6) is -2.50. The van der Waals surface area contributed by atoms with Crippen molar-refractivity contribution in [1.29, 1.82) is 0 Å². The smallest absolute Gasteiger partial charge is 0.242 e. The van der Waals surface area contributed by atoms with Crippen molar-refractivity contribution in [3.8, 4) is 0 Å². The van der Waals surface area contributed by atoms with E-state index >= 15 is 0 Å². The van der Waals surface area contributed by atoms with Crippen molar-refractivity contribution >= 4 is 0 Å². The van der Waals surface area contributed by atoms with Crippen LogP contribution in [-0.2, 0) is 4.74 Å². The summed E-state index contributed by atoms with van der Waals surface area (Å²) in [5, 5.41) is 0. The molecule has 0 saturated heterocycles. The van der Waals surface area contributed by atoms with E-state index in [1.165, 1.54) is 0 Å². The van der Waals surface area contributed by atoms with Crippen LogP contribution in [0, 0.1) is 0 Å². The Kier molecular flexibility index (Phi) is 37.2. The molecule has 5 heteroatoms. The molecule has 0 atom stereocenters. The highest BCUT2D eigenvalue weighted by Crippen LogP contribution is 2.06. The molecule has 0 N–H and O–H groups in total. The van der Waals surface area contributed by atoms with E-state index in [1.807, 2.05) is 86.6 Å². The zero-order valence-electron chi connectivity index (χ0n) is 16.1. The van der Waals surface area contributed by atoms with Gasteiger partial charge in [0, 0.05) is 14.2 Å². The van der Waals surface area contributed by atoms with Gasteiger partial charge in [-0.25, -0.2) is 17.6 Å². The third-order valence-corrected chi connectivity index (χ3v) is 1.33. The quantitative estimate of drug-likeness (QED) is 0.449. The summed E-state index contributed by atoms with van der Waals surface area (Å²) in [6, 6.07) is 24.0. The van der Waals surface area contributed by atoms with Crippen molar-refractivity contribution < 1.29 is 22.3 Å². The predicted molar refractivity (Wildman–Crippen MR) is 101 cm³/mol. The number of ether oxygens (including phenoxy) is 1. The SMILES string of the molecule is CC.CC(C)(F)F.COC.FCF.c1ccccc1.c1ccccc1. The summed E-state index contributed by atoms with van der Waals surface area (Å²) in [6.07, 6.45) is 0. The first kappa shape index (κ1) is 30.9. The molecule has 2 aromatic rings. The van der Waals surface area contributed by atoms with Crippen LogP contribution >= 0.6 is 0 Å². The van der Waals surface area contributed by atoms with E-state index in [2.05, 4.69) is 4.74 Å². The van der Waals surface area contributed by atoms with Crippen molar-refractivity contribution in [2.45, 2.75) is 33.6 Å². The highest BCUT2D eigenvalue weighted by Gasteiger charge is 2.08. The van der Waals surface area contributed by atoms with Crippen LogP contribution in [0.15, 0.2) is 72.8 Å². The zero-order chi connectivity index (χ0) is 20.4. The summed E-state index contributed by atoms with van der Waals surface area (Å²) in [4.78, 5) is 0. The molecular weight excluding hydrogens is 332 g/mol. The number of methoxy groups -OCH3 is 1. The second-order valence-corrected chi connectivity index (χ2v) is 4.15. The van der Waals surface area contributed by atoms with Crippen molar-refractivity contribution in [3.63, 3.8) is 0 Å². The maximum Gasteiger partial charge on any atom is 0.242 e. The normalized spacial score (nSPS) is 7.92. The average molecular weight is 364 g/mol. The van der Waals surface area contributed by atoms with Gasteiger partial charge in [-0.15, -0.1) is 0 Å². The molecule has 2 aromatic carbocycles. The standard InChI is InChI=1S/2C6H6.C3H6F2.C2H6O.C2H6.CH2F2/c2*1-2-4-6-5-3-1;1-3(2,4)5;1-3-2;1-2;2-1-3/h2*1-6H;1-2H3;1-2H3;1-2H3;1H2. The first-order valence-electron chi connectivity index (χ1n) is 7.73. The highest BCUT2D eigenvalue weighted by atomic mass is 19.3. The van der Waals surface area contributed by atoms with Gasteiger partial charge in [-0.05, 0) is 13.8 Å². The monoisotopic (exact) mass is 364 g/mol. The molecule has 0 amide bonds. The van der Waals surface area contributed by atoms with Gasteiger partial charge < -0.3 is 4.74 Å². The molecule has 0 fully saturated rings. The van der Waals surface area contributed by atoms with Gasteiger partial charge in [0.2, 0.25) is 12.9 Å². The third kappa shape index (κ3) is 87.4. The van der Waals surface area contributed by atoms with Gasteiger partial charge in [-0.1, -0.05) is 86.6 Å². The Labute approximate surface area is 150 Å². The molecule has 1 nitrogen and oxygen atoms in total. The molecule has 0 heterocycles. The van der Waals surface area contributed by atoms with E-state index in [4.69, 9.17) is 0 Å². The van der Waals surface area contributed by atoms with Crippen LogP contribution in [0.5, 0.6) is 0 Å². The van der Waals surface area contributed by atoms with E-state index in [-0.39, 0.29) is 0 Å². The molecule has 25 heavy (non-hydrogen) atoms. The molecule has 0 unspecified atom stereocenters. The lowest BCUT2D eigenvalue weighted by Crippen LogP contribution is -1.98. The lowest BCUT2D eigenvalue weighted by molar-refractivity contribution is 0.0437. The number of halogens is 4. The van der Waals surface area contributed by atoms with Gasteiger partial charge in [-0.3, -0.25) is 0 Å². The van der Waals surface area contributed by atoms with Crippen LogP contribution in [0.2, 0.25) is 0 Å². The topological polar surface area (TPSA) is 9.23 Å². The Morgan fingerprint density at radius 1 is 0.600 bits per heavy atom. The summed E-state index contributed by atoms with van der Waals surface area (Å²) in [6.45, 7) is 3.96. The van der Waals surface area contributed by atoms with E-state index < -0.39 is 12.9 Å². The summed E-state index contributed by atoms with van der Waals surface area (Å²) < 4.78 is 45.5. The van der Waals surface area contributed by atoms with E-state index in [0.29, 0.717) is 0 Å². The van der Waals surface area contributed by atoms with Crippen molar-refractivity contribution in [3.05, 3.63) is 72.8 Å². The van der Waals surface area contributed by atoms with Crippen LogP contribution in [0.1, 0.15) is 27.7 Å². The van der Waals surface area contributed by atoms with Crippen LogP contribution in [-0.4, -0.2) is 27.1 Å². The largest absolute Gasteiger partial charge is 0.388 e. The Bertz CT molecular complexity index is 285. The first-order valence-corrected chi connectivity index (χ1v) is 7.73. The Morgan fingerprint density at radius 2 is 0.640 bits per heavy atom. The average Bonchev–Trinajstić information content (AvgIpc) is 2.60. The Hall–Kier alpha value is -1.88. The fourth-order valence-corrected chi connectivity index (χ4v) is 0.770. The summed E-state index contributed by atoms with van der Waals surface area (Å²) >= 11 is 0. The molecule has 2 rings (SSSR count). The maximum atomic E-state index is 11.0.